The van der Waals surface area contributed by atoms with Crippen LogP contribution in [0.25, 0.3) is 16.7 Å². The lowest BCUT2D eigenvalue weighted by molar-refractivity contribution is -0.117. The van der Waals surface area contributed by atoms with E-state index in [1.807, 2.05) is 54.9 Å². The number of benzene rings is 1. The SMILES string of the molecule is Cc1cc(C)n(-c2ccc3cccc(NC(=O)C[C@@H]4COCCN4)c3n2)n1. The van der Waals surface area contributed by atoms with Gasteiger partial charge < -0.3 is 15.4 Å². The zero-order valence-corrected chi connectivity index (χ0v) is 15.5. The van der Waals surface area contributed by atoms with Gasteiger partial charge in [-0.2, -0.15) is 5.10 Å². The predicted octanol–water partition coefficient (Wildman–Crippen LogP) is 2.35. The Balaban J connectivity index is 1.61. The van der Waals surface area contributed by atoms with Gasteiger partial charge in [0.05, 0.1) is 30.1 Å². The monoisotopic (exact) mass is 365 g/mol. The van der Waals surface area contributed by atoms with Crippen LogP contribution < -0.4 is 10.6 Å². The van der Waals surface area contributed by atoms with Crippen molar-refractivity contribution >= 4 is 22.5 Å². The van der Waals surface area contributed by atoms with E-state index in [1.165, 1.54) is 0 Å². The van der Waals surface area contributed by atoms with E-state index >= 15 is 0 Å². The molecule has 3 heterocycles. The molecule has 1 aliphatic heterocycles. The highest BCUT2D eigenvalue weighted by Crippen LogP contribution is 2.24. The number of rotatable bonds is 4. The molecule has 27 heavy (non-hydrogen) atoms. The van der Waals surface area contributed by atoms with Crippen molar-refractivity contribution in [3.63, 3.8) is 0 Å². The summed E-state index contributed by atoms with van der Waals surface area (Å²) in [5, 5.41) is 11.8. The second-order valence-corrected chi connectivity index (χ2v) is 6.86. The van der Waals surface area contributed by atoms with Crippen molar-refractivity contribution < 1.29 is 9.53 Å². The van der Waals surface area contributed by atoms with E-state index in [0.29, 0.717) is 25.3 Å². The standard InChI is InChI=1S/C20H23N5O2/c1-13-10-14(2)25(24-13)18-7-6-15-4-3-5-17(20(15)23-18)22-19(26)11-16-12-27-9-8-21-16/h3-7,10,16,21H,8-9,11-12H2,1-2H3,(H,22,26)/t16-/m1/s1. The number of hydrogen-bond acceptors (Lipinski definition) is 5. The fraction of sp³-hybridized carbons (Fsp3) is 0.350. The Morgan fingerprint density at radius 1 is 1.33 bits per heavy atom. The van der Waals surface area contributed by atoms with Gasteiger partial charge in [-0.05, 0) is 38.1 Å². The molecule has 3 aromatic rings. The van der Waals surface area contributed by atoms with E-state index in [0.717, 1.165) is 34.7 Å². The average Bonchev–Trinajstić information content (AvgIpc) is 3.00. The number of ether oxygens (including phenoxy) is 1. The zero-order valence-electron chi connectivity index (χ0n) is 15.5. The minimum atomic E-state index is -0.0520. The molecule has 2 aromatic heterocycles. The molecule has 1 saturated heterocycles. The second-order valence-electron chi connectivity index (χ2n) is 6.86. The average molecular weight is 365 g/mol. The number of anilines is 1. The molecule has 1 aliphatic rings. The molecule has 0 unspecified atom stereocenters. The van der Waals surface area contributed by atoms with Crippen LogP contribution in [-0.4, -0.2) is 46.5 Å². The highest BCUT2D eigenvalue weighted by Gasteiger charge is 2.18. The van der Waals surface area contributed by atoms with Gasteiger partial charge in [-0.1, -0.05) is 12.1 Å². The maximum Gasteiger partial charge on any atom is 0.226 e. The molecule has 0 aliphatic carbocycles. The van der Waals surface area contributed by atoms with Crippen molar-refractivity contribution in [2.75, 3.05) is 25.1 Å². The quantitative estimate of drug-likeness (QED) is 0.742. The highest BCUT2D eigenvalue weighted by molar-refractivity contribution is 6.00. The van der Waals surface area contributed by atoms with Crippen molar-refractivity contribution in [2.24, 2.45) is 0 Å². The summed E-state index contributed by atoms with van der Waals surface area (Å²) in [6.07, 6.45) is 0.369. The Morgan fingerprint density at radius 2 is 2.22 bits per heavy atom. The minimum absolute atomic E-state index is 0.0481. The molecule has 2 N–H and O–H groups in total. The Kier molecular flexibility index (Phi) is 4.87. The number of amides is 1. The second kappa shape index (κ2) is 7.46. The molecular formula is C20H23N5O2. The van der Waals surface area contributed by atoms with E-state index < -0.39 is 0 Å². The molecule has 1 amide bonds. The highest BCUT2D eigenvalue weighted by atomic mass is 16.5. The number of nitrogens with zero attached hydrogens (tertiary/aromatic N) is 3. The van der Waals surface area contributed by atoms with Gasteiger partial charge in [0, 0.05) is 30.1 Å². The topological polar surface area (TPSA) is 81.1 Å². The van der Waals surface area contributed by atoms with Crippen molar-refractivity contribution in [1.82, 2.24) is 20.1 Å². The lowest BCUT2D eigenvalue weighted by Crippen LogP contribution is -2.43. The van der Waals surface area contributed by atoms with Gasteiger partial charge in [0.2, 0.25) is 5.91 Å². The van der Waals surface area contributed by atoms with Crippen LogP contribution in [0.15, 0.2) is 36.4 Å². The first-order valence-corrected chi connectivity index (χ1v) is 9.14. The van der Waals surface area contributed by atoms with Crippen LogP contribution in [0.2, 0.25) is 0 Å². The van der Waals surface area contributed by atoms with Crippen molar-refractivity contribution in [3.8, 4) is 5.82 Å². The first kappa shape index (κ1) is 17.6. The van der Waals surface area contributed by atoms with Crippen LogP contribution in [0.3, 0.4) is 0 Å². The summed E-state index contributed by atoms with van der Waals surface area (Å²) >= 11 is 0. The molecule has 0 saturated carbocycles. The van der Waals surface area contributed by atoms with Gasteiger partial charge in [-0.3, -0.25) is 4.79 Å². The largest absolute Gasteiger partial charge is 0.378 e. The number of pyridine rings is 1. The molecule has 1 aromatic carbocycles. The van der Waals surface area contributed by atoms with Crippen LogP contribution >= 0.6 is 0 Å². The van der Waals surface area contributed by atoms with Gasteiger partial charge in [-0.25, -0.2) is 9.67 Å². The van der Waals surface area contributed by atoms with Crippen LogP contribution in [0.1, 0.15) is 17.8 Å². The number of para-hydroxylation sites is 1. The smallest absolute Gasteiger partial charge is 0.226 e. The normalized spacial score (nSPS) is 17.2. The molecule has 0 bridgehead atoms. The molecular weight excluding hydrogens is 342 g/mol. The molecule has 7 heteroatoms. The lowest BCUT2D eigenvalue weighted by atomic mass is 10.1. The molecule has 1 fully saturated rings. The molecule has 1 atom stereocenters. The lowest BCUT2D eigenvalue weighted by Gasteiger charge is -2.23. The summed E-state index contributed by atoms with van der Waals surface area (Å²) in [5.74, 6) is 0.681. The third-order valence-electron chi connectivity index (χ3n) is 4.64. The van der Waals surface area contributed by atoms with Crippen molar-refractivity contribution in [3.05, 3.63) is 47.8 Å². The Bertz CT molecular complexity index is 976. The Labute approximate surface area is 157 Å². The zero-order chi connectivity index (χ0) is 18.8. The maximum absolute atomic E-state index is 12.5. The van der Waals surface area contributed by atoms with Crippen molar-refractivity contribution in [1.29, 1.82) is 0 Å². The van der Waals surface area contributed by atoms with Crippen LogP contribution in [0.4, 0.5) is 5.69 Å². The number of aromatic nitrogens is 3. The number of hydrogen-bond donors (Lipinski definition) is 2. The summed E-state index contributed by atoms with van der Waals surface area (Å²) in [5.41, 5.74) is 3.42. The third kappa shape index (κ3) is 3.84. The van der Waals surface area contributed by atoms with Crippen LogP contribution in [-0.2, 0) is 9.53 Å². The summed E-state index contributed by atoms with van der Waals surface area (Å²) < 4.78 is 7.23. The van der Waals surface area contributed by atoms with E-state index in [-0.39, 0.29) is 11.9 Å². The number of carbonyl (C=O) groups is 1. The summed E-state index contributed by atoms with van der Waals surface area (Å²) in [4.78, 5) is 17.2. The molecule has 0 radical (unpaired) electrons. The minimum Gasteiger partial charge on any atom is -0.378 e. The van der Waals surface area contributed by atoms with Gasteiger partial charge in [0.25, 0.3) is 0 Å². The van der Waals surface area contributed by atoms with E-state index in [2.05, 4.69) is 15.7 Å². The number of carbonyl (C=O) groups excluding carboxylic acids is 1. The third-order valence-corrected chi connectivity index (χ3v) is 4.64. The summed E-state index contributed by atoms with van der Waals surface area (Å²) in [6, 6.07) is 11.8. The Hall–Kier alpha value is -2.77. The number of aryl methyl sites for hydroxylation is 2. The number of fused-ring (bicyclic) bond motifs is 1. The molecule has 140 valence electrons. The van der Waals surface area contributed by atoms with Gasteiger partial charge >= 0.3 is 0 Å². The summed E-state index contributed by atoms with van der Waals surface area (Å²) in [6.45, 7) is 5.99. The van der Waals surface area contributed by atoms with Crippen molar-refractivity contribution in [2.45, 2.75) is 26.3 Å². The van der Waals surface area contributed by atoms with Crippen LogP contribution in [0.5, 0.6) is 0 Å². The maximum atomic E-state index is 12.5. The fourth-order valence-corrected chi connectivity index (χ4v) is 3.39. The predicted molar refractivity (Wildman–Crippen MR) is 104 cm³/mol. The number of morpholine rings is 1. The van der Waals surface area contributed by atoms with Crippen LogP contribution in [0, 0.1) is 13.8 Å². The summed E-state index contributed by atoms with van der Waals surface area (Å²) in [7, 11) is 0. The van der Waals surface area contributed by atoms with Gasteiger partial charge in [0.1, 0.15) is 0 Å². The molecule has 0 spiro atoms. The first-order chi connectivity index (χ1) is 13.1. The Morgan fingerprint density at radius 3 is 2.96 bits per heavy atom. The van der Waals surface area contributed by atoms with Gasteiger partial charge in [-0.15, -0.1) is 0 Å². The molecule has 4 rings (SSSR count). The number of nitrogens with one attached hydrogen (secondary N) is 2. The van der Waals surface area contributed by atoms with E-state index in [9.17, 15) is 4.79 Å². The van der Waals surface area contributed by atoms with E-state index in [4.69, 9.17) is 9.72 Å². The van der Waals surface area contributed by atoms with E-state index in [1.54, 1.807) is 0 Å². The fourth-order valence-electron chi connectivity index (χ4n) is 3.39. The first-order valence-electron chi connectivity index (χ1n) is 9.14. The van der Waals surface area contributed by atoms with Gasteiger partial charge in [0.15, 0.2) is 5.82 Å². The molecule has 7 nitrogen and oxygen atoms in total.